The fourth-order valence-electron chi connectivity index (χ4n) is 2.34. The van der Waals surface area contributed by atoms with E-state index in [0.717, 1.165) is 11.4 Å². The highest BCUT2D eigenvalue weighted by Crippen LogP contribution is 2.26. The third kappa shape index (κ3) is 1.69. The molecule has 0 fully saturated rings. The molecule has 90 valence electrons. The molecule has 1 heterocycles. The number of hydrogen-bond acceptors (Lipinski definition) is 2. The van der Waals surface area contributed by atoms with Crippen molar-refractivity contribution in [2.24, 2.45) is 12.8 Å². The highest BCUT2D eigenvalue weighted by Gasteiger charge is 2.15. The maximum absolute atomic E-state index is 6.34. The Morgan fingerprint density at radius 2 is 1.89 bits per heavy atom. The summed E-state index contributed by atoms with van der Waals surface area (Å²) in [5.74, 6) is 0.881. The molecule has 0 aliphatic heterocycles. The van der Waals surface area contributed by atoms with Crippen LogP contribution >= 0.6 is 0 Å². The van der Waals surface area contributed by atoms with Crippen LogP contribution in [-0.2, 0) is 7.05 Å². The standard InChI is InChI=1S/C15H15N3/c1-18-10-9-17-15(18)14(16)13-8-4-6-11-5-2-3-7-12(11)13/h2-10,14H,16H2,1H3. The number of rotatable bonds is 2. The minimum absolute atomic E-state index is 0.198. The molecular weight excluding hydrogens is 222 g/mol. The summed E-state index contributed by atoms with van der Waals surface area (Å²) in [4.78, 5) is 4.34. The minimum atomic E-state index is -0.198. The van der Waals surface area contributed by atoms with E-state index in [1.807, 2.05) is 36.0 Å². The van der Waals surface area contributed by atoms with Crippen molar-refractivity contribution in [2.75, 3.05) is 0 Å². The van der Waals surface area contributed by atoms with Gasteiger partial charge in [-0.25, -0.2) is 4.98 Å². The van der Waals surface area contributed by atoms with Crippen molar-refractivity contribution >= 4 is 10.8 Å². The van der Waals surface area contributed by atoms with E-state index in [1.165, 1.54) is 10.8 Å². The zero-order valence-electron chi connectivity index (χ0n) is 10.2. The summed E-state index contributed by atoms with van der Waals surface area (Å²) in [6.45, 7) is 0. The summed E-state index contributed by atoms with van der Waals surface area (Å²) in [6.07, 6.45) is 3.70. The van der Waals surface area contributed by atoms with Crippen molar-refractivity contribution in [2.45, 2.75) is 6.04 Å². The Hall–Kier alpha value is -2.13. The van der Waals surface area contributed by atoms with E-state index in [4.69, 9.17) is 5.73 Å². The molecule has 3 heteroatoms. The zero-order chi connectivity index (χ0) is 12.5. The van der Waals surface area contributed by atoms with Gasteiger partial charge < -0.3 is 10.3 Å². The zero-order valence-corrected chi connectivity index (χ0v) is 10.2. The first-order chi connectivity index (χ1) is 8.77. The van der Waals surface area contributed by atoms with Crippen LogP contribution in [0.1, 0.15) is 17.4 Å². The average Bonchev–Trinajstić information content (AvgIpc) is 2.83. The average molecular weight is 237 g/mol. The normalized spacial score (nSPS) is 12.8. The van der Waals surface area contributed by atoms with Gasteiger partial charge in [-0.05, 0) is 16.3 Å². The van der Waals surface area contributed by atoms with E-state index < -0.39 is 0 Å². The van der Waals surface area contributed by atoms with Crippen LogP contribution in [0, 0.1) is 0 Å². The molecule has 0 aliphatic rings. The van der Waals surface area contributed by atoms with Crippen LogP contribution in [-0.4, -0.2) is 9.55 Å². The molecule has 0 spiro atoms. The molecular formula is C15H15N3. The van der Waals surface area contributed by atoms with Gasteiger partial charge in [0.1, 0.15) is 5.82 Å². The van der Waals surface area contributed by atoms with Crippen LogP contribution in [0.25, 0.3) is 10.8 Å². The fraction of sp³-hybridized carbons (Fsp3) is 0.133. The Labute approximate surface area is 106 Å². The molecule has 3 rings (SSSR count). The topological polar surface area (TPSA) is 43.8 Å². The second-order valence-electron chi connectivity index (χ2n) is 4.44. The lowest BCUT2D eigenvalue weighted by Crippen LogP contribution is -2.16. The van der Waals surface area contributed by atoms with E-state index in [-0.39, 0.29) is 6.04 Å². The van der Waals surface area contributed by atoms with Crippen LogP contribution in [0.4, 0.5) is 0 Å². The fourth-order valence-corrected chi connectivity index (χ4v) is 2.34. The molecule has 3 aromatic rings. The SMILES string of the molecule is Cn1ccnc1C(N)c1cccc2ccccc12. The lowest BCUT2D eigenvalue weighted by molar-refractivity contribution is 0.721. The van der Waals surface area contributed by atoms with Gasteiger partial charge in [0.05, 0.1) is 6.04 Å². The first-order valence-corrected chi connectivity index (χ1v) is 5.98. The summed E-state index contributed by atoms with van der Waals surface area (Å²) in [5.41, 5.74) is 7.46. The van der Waals surface area contributed by atoms with E-state index >= 15 is 0 Å². The second kappa shape index (κ2) is 4.27. The molecule has 0 radical (unpaired) electrons. The van der Waals surface area contributed by atoms with Gasteiger partial charge in [-0.3, -0.25) is 0 Å². The summed E-state index contributed by atoms with van der Waals surface area (Å²) in [6, 6.07) is 14.3. The number of aryl methyl sites for hydroxylation is 1. The Kier molecular flexibility index (Phi) is 2.61. The quantitative estimate of drug-likeness (QED) is 0.744. The Morgan fingerprint density at radius 3 is 2.67 bits per heavy atom. The smallest absolute Gasteiger partial charge is 0.129 e. The van der Waals surface area contributed by atoms with Crippen molar-refractivity contribution in [3.63, 3.8) is 0 Å². The predicted octanol–water partition coefficient (Wildman–Crippen LogP) is 2.62. The summed E-state index contributed by atoms with van der Waals surface area (Å²) in [5, 5.41) is 2.40. The lowest BCUT2D eigenvalue weighted by atomic mass is 9.99. The monoisotopic (exact) mass is 237 g/mol. The number of hydrogen-bond donors (Lipinski definition) is 1. The van der Waals surface area contributed by atoms with Gasteiger partial charge in [-0.15, -0.1) is 0 Å². The first-order valence-electron chi connectivity index (χ1n) is 5.98. The summed E-state index contributed by atoms with van der Waals surface area (Å²) in [7, 11) is 1.97. The Morgan fingerprint density at radius 1 is 1.11 bits per heavy atom. The molecule has 1 aromatic heterocycles. The number of fused-ring (bicyclic) bond motifs is 1. The first kappa shape index (κ1) is 11.0. The Balaban J connectivity index is 2.18. The summed E-state index contributed by atoms with van der Waals surface area (Å²) < 4.78 is 1.96. The van der Waals surface area contributed by atoms with Gasteiger partial charge in [-0.2, -0.15) is 0 Å². The van der Waals surface area contributed by atoms with E-state index in [1.54, 1.807) is 6.20 Å². The minimum Gasteiger partial charge on any atom is -0.336 e. The van der Waals surface area contributed by atoms with Crippen LogP contribution in [0.2, 0.25) is 0 Å². The van der Waals surface area contributed by atoms with Gasteiger partial charge in [0, 0.05) is 19.4 Å². The van der Waals surface area contributed by atoms with Gasteiger partial charge in [0.15, 0.2) is 0 Å². The van der Waals surface area contributed by atoms with Crippen molar-refractivity contribution in [1.82, 2.24) is 9.55 Å². The molecule has 2 N–H and O–H groups in total. The number of nitrogens with zero attached hydrogens (tertiary/aromatic N) is 2. The summed E-state index contributed by atoms with van der Waals surface area (Å²) >= 11 is 0. The van der Waals surface area contributed by atoms with Crippen molar-refractivity contribution in [1.29, 1.82) is 0 Å². The van der Waals surface area contributed by atoms with Gasteiger partial charge in [0.2, 0.25) is 0 Å². The molecule has 0 aliphatic carbocycles. The van der Waals surface area contributed by atoms with Crippen LogP contribution in [0.15, 0.2) is 54.9 Å². The number of benzene rings is 2. The third-order valence-corrected chi connectivity index (χ3v) is 3.30. The molecule has 1 atom stereocenters. The molecule has 1 unspecified atom stereocenters. The molecule has 2 aromatic carbocycles. The molecule has 0 bridgehead atoms. The number of nitrogens with two attached hydrogens (primary N) is 1. The second-order valence-corrected chi connectivity index (χ2v) is 4.44. The van der Waals surface area contributed by atoms with E-state index in [0.29, 0.717) is 0 Å². The lowest BCUT2D eigenvalue weighted by Gasteiger charge is -2.14. The highest BCUT2D eigenvalue weighted by atomic mass is 15.1. The molecule has 0 saturated heterocycles. The van der Waals surface area contributed by atoms with Gasteiger partial charge >= 0.3 is 0 Å². The molecule has 0 saturated carbocycles. The van der Waals surface area contributed by atoms with E-state index in [9.17, 15) is 0 Å². The van der Waals surface area contributed by atoms with Gasteiger partial charge in [-0.1, -0.05) is 42.5 Å². The van der Waals surface area contributed by atoms with Crippen molar-refractivity contribution < 1.29 is 0 Å². The predicted molar refractivity (Wildman–Crippen MR) is 73.2 cm³/mol. The number of imidazole rings is 1. The van der Waals surface area contributed by atoms with Crippen LogP contribution in [0.5, 0.6) is 0 Å². The van der Waals surface area contributed by atoms with Crippen molar-refractivity contribution in [3.05, 3.63) is 66.2 Å². The maximum atomic E-state index is 6.34. The largest absolute Gasteiger partial charge is 0.336 e. The maximum Gasteiger partial charge on any atom is 0.129 e. The third-order valence-electron chi connectivity index (χ3n) is 3.30. The molecule has 0 amide bonds. The Bertz CT molecular complexity index is 680. The van der Waals surface area contributed by atoms with Crippen LogP contribution < -0.4 is 5.73 Å². The van der Waals surface area contributed by atoms with Crippen molar-refractivity contribution in [3.8, 4) is 0 Å². The van der Waals surface area contributed by atoms with E-state index in [2.05, 4.69) is 29.2 Å². The van der Waals surface area contributed by atoms with Gasteiger partial charge in [0.25, 0.3) is 0 Å². The molecule has 18 heavy (non-hydrogen) atoms. The number of aromatic nitrogens is 2. The van der Waals surface area contributed by atoms with Crippen LogP contribution in [0.3, 0.4) is 0 Å². The molecule has 3 nitrogen and oxygen atoms in total. The highest BCUT2D eigenvalue weighted by molar-refractivity contribution is 5.86.